The molecule has 5 aromatic rings. The van der Waals surface area contributed by atoms with Gasteiger partial charge < -0.3 is 4.74 Å². The van der Waals surface area contributed by atoms with E-state index in [1.54, 1.807) is 12.1 Å². The van der Waals surface area contributed by atoms with Crippen molar-refractivity contribution in [1.29, 1.82) is 0 Å². The third-order valence-corrected chi connectivity index (χ3v) is 7.78. The normalized spacial score (nSPS) is 12.0. The Bertz CT molecular complexity index is 1900. The molecule has 0 saturated heterocycles. The highest BCUT2D eigenvalue weighted by Gasteiger charge is 2.41. The zero-order chi connectivity index (χ0) is 34.6. The van der Waals surface area contributed by atoms with Crippen molar-refractivity contribution in [1.82, 2.24) is 0 Å². The van der Waals surface area contributed by atoms with E-state index < -0.39 is 64.2 Å². The van der Waals surface area contributed by atoms with E-state index in [0.717, 1.165) is 61.6 Å². The van der Waals surface area contributed by atoms with Crippen LogP contribution in [0.15, 0.2) is 97.3 Å². The van der Waals surface area contributed by atoms with Crippen LogP contribution in [-0.2, 0) is 12.5 Å². The Balaban J connectivity index is 1.32. The maximum absolute atomic E-state index is 15.1. The van der Waals surface area contributed by atoms with Gasteiger partial charge >= 0.3 is 6.11 Å². The topological polar surface area (TPSA) is 9.23 Å². The zero-order valence-corrected chi connectivity index (χ0v) is 25.4. The van der Waals surface area contributed by atoms with Crippen molar-refractivity contribution in [3.63, 3.8) is 0 Å². The lowest BCUT2D eigenvalue weighted by Gasteiger charge is -2.20. The molecule has 5 rings (SSSR count). The molecule has 0 spiro atoms. The second-order valence-electron chi connectivity index (χ2n) is 11.1. The maximum atomic E-state index is 15.1. The Kier molecular flexibility index (Phi) is 10.3. The Labute approximate surface area is 270 Å². The highest BCUT2D eigenvalue weighted by Crippen LogP contribution is 2.38. The molecule has 0 amide bonds. The molecular formula is C38H27F9O. The fourth-order valence-electron chi connectivity index (χ4n) is 5.32. The smallest absolute Gasteiger partial charge is 0.429 e. The number of alkyl halides is 2. The third-order valence-electron chi connectivity index (χ3n) is 7.78. The second-order valence-corrected chi connectivity index (χ2v) is 11.1. The van der Waals surface area contributed by atoms with Crippen LogP contribution in [0.2, 0.25) is 0 Å². The summed E-state index contributed by atoms with van der Waals surface area (Å²) in [5, 5.41) is 0. The predicted molar refractivity (Wildman–Crippen MR) is 167 cm³/mol. The Morgan fingerprint density at radius 3 is 1.71 bits per heavy atom. The van der Waals surface area contributed by atoms with E-state index >= 15 is 13.2 Å². The molecule has 0 aromatic heterocycles. The van der Waals surface area contributed by atoms with E-state index in [0.29, 0.717) is 23.3 Å². The molecule has 0 saturated carbocycles. The summed E-state index contributed by atoms with van der Waals surface area (Å²) in [4.78, 5) is 0. The Hall–Kier alpha value is -4.99. The van der Waals surface area contributed by atoms with Gasteiger partial charge in [0, 0.05) is 5.56 Å². The number of rotatable bonds is 11. The highest BCUT2D eigenvalue weighted by atomic mass is 19.3. The molecule has 10 heteroatoms. The molecule has 0 heterocycles. The first-order chi connectivity index (χ1) is 22.9. The van der Waals surface area contributed by atoms with Crippen LogP contribution in [0.25, 0.3) is 39.2 Å². The van der Waals surface area contributed by atoms with Gasteiger partial charge in [-0.15, -0.1) is 0 Å². The van der Waals surface area contributed by atoms with Crippen LogP contribution in [0.5, 0.6) is 5.75 Å². The summed E-state index contributed by atoms with van der Waals surface area (Å²) >= 11 is 0. The monoisotopic (exact) mass is 670 g/mol. The largest absolute Gasteiger partial charge is 0.432 e. The third kappa shape index (κ3) is 7.43. The molecule has 1 nitrogen and oxygen atoms in total. The van der Waals surface area contributed by atoms with E-state index in [9.17, 15) is 26.3 Å². The molecular weight excluding hydrogens is 643 g/mol. The van der Waals surface area contributed by atoms with Gasteiger partial charge in [0.1, 0.15) is 46.7 Å². The number of benzene rings is 5. The summed E-state index contributed by atoms with van der Waals surface area (Å²) < 4.78 is 134. The number of aryl methyl sites for hydroxylation is 1. The molecule has 0 bridgehead atoms. The number of halogens is 9. The minimum absolute atomic E-state index is 0.0856. The zero-order valence-electron chi connectivity index (χ0n) is 25.4. The van der Waals surface area contributed by atoms with E-state index in [-0.39, 0.29) is 22.3 Å². The molecule has 48 heavy (non-hydrogen) atoms. The minimum Gasteiger partial charge on any atom is -0.429 e. The summed E-state index contributed by atoms with van der Waals surface area (Å²) in [6.45, 7) is 2.09. The first kappa shape index (κ1) is 34.3. The van der Waals surface area contributed by atoms with Gasteiger partial charge in [0.15, 0.2) is 5.83 Å². The number of unbranched alkanes of at least 4 members (excludes halogenated alkanes) is 2. The lowest BCUT2D eigenvalue weighted by molar-refractivity contribution is -0.189. The van der Waals surface area contributed by atoms with Crippen molar-refractivity contribution >= 4 is 5.83 Å². The summed E-state index contributed by atoms with van der Waals surface area (Å²) in [6.07, 6.45) is -0.983. The summed E-state index contributed by atoms with van der Waals surface area (Å²) in [5.74, 6) is -9.00. The molecule has 0 radical (unpaired) electrons. The van der Waals surface area contributed by atoms with Gasteiger partial charge in [0.25, 0.3) is 0 Å². The number of hydrogen-bond donors (Lipinski definition) is 0. The summed E-state index contributed by atoms with van der Waals surface area (Å²) in [6, 6.07) is 18.3. The molecule has 0 atom stereocenters. The molecule has 248 valence electrons. The van der Waals surface area contributed by atoms with E-state index in [1.807, 2.05) is 12.1 Å². The van der Waals surface area contributed by atoms with Gasteiger partial charge in [-0.2, -0.15) is 8.78 Å². The molecule has 0 aliphatic carbocycles. The van der Waals surface area contributed by atoms with Crippen LogP contribution in [0, 0.1) is 29.1 Å². The van der Waals surface area contributed by atoms with Crippen LogP contribution in [0.1, 0.15) is 42.9 Å². The Morgan fingerprint density at radius 2 is 1.15 bits per heavy atom. The summed E-state index contributed by atoms with van der Waals surface area (Å²) in [7, 11) is 0. The van der Waals surface area contributed by atoms with Crippen LogP contribution in [0.3, 0.4) is 0 Å². The van der Waals surface area contributed by atoms with Crippen LogP contribution < -0.4 is 4.74 Å². The van der Waals surface area contributed by atoms with Gasteiger partial charge in [0.05, 0.1) is 5.56 Å². The van der Waals surface area contributed by atoms with E-state index in [1.165, 1.54) is 24.3 Å². The number of hydrogen-bond acceptors (Lipinski definition) is 1. The first-order valence-electron chi connectivity index (χ1n) is 14.9. The fourth-order valence-corrected chi connectivity index (χ4v) is 5.32. The van der Waals surface area contributed by atoms with E-state index in [4.69, 9.17) is 4.74 Å². The van der Waals surface area contributed by atoms with Gasteiger partial charge in [0.2, 0.25) is 0 Å². The first-order valence-corrected chi connectivity index (χ1v) is 14.9. The maximum Gasteiger partial charge on any atom is 0.432 e. The quantitative estimate of drug-likeness (QED) is 0.100. The fraction of sp³-hybridized carbons (Fsp3) is 0.158. The number of ether oxygens (including phenoxy) is 1. The van der Waals surface area contributed by atoms with Gasteiger partial charge in [-0.25, -0.2) is 30.7 Å². The lowest BCUT2D eigenvalue weighted by Crippen LogP contribution is -2.25. The van der Waals surface area contributed by atoms with Crippen molar-refractivity contribution in [2.75, 3.05) is 0 Å². The van der Waals surface area contributed by atoms with Crippen molar-refractivity contribution in [3.8, 4) is 39.1 Å². The minimum atomic E-state index is -4.39. The molecule has 0 unspecified atom stereocenters. The van der Waals surface area contributed by atoms with Gasteiger partial charge in [-0.3, -0.25) is 0 Å². The molecule has 0 N–H and O–H groups in total. The predicted octanol–water partition coefficient (Wildman–Crippen LogP) is 12.5. The average molecular weight is 671 g/mol. The van der Waals surface area contributed by atoms with Crippen molar-refractivity contribution < 1.29 is 44.3 Å². The molecule has 0 fully saturated rings. The van der Waals surface area contributed by atoms with E-state index in [2.05, 4.69) is 6.92 Å². The molecule has 5 aromatic carbocycles. The van der Waals surface area contributed by atoms with Gasteiger partial charge in [-0.1, -0.05) is 68.3 Å². The van der Waals surface area contributed by atoms with Crippen LogP contribution in [-0.4, -0.2) is 0 Å². The Morgan fingerprint density at radius 1 is 0.625 bits per heavy atom. The standard InChI is InChI=1S/C38H27F9O/c1-2-3-4-5-22-6-8-24(9-7-22)26-17-33(43)37(34(44)18-26)38(46,47)48-28-13-10-23(11-14-28)25-12-15-29(30(40)16-25)27-19-31(41)36(32(42)20-27)35(45)21-39/h6-21H,2-5H2,1H3/b35-21-. The van der Waals surface area contributed by atoms with Crippen molar-refractivity contribution in [2.45, 2.75) is 38.7 Å². The van der Waals surface area contributed by atoms with Crippen molar-refractivity contribution in [2.24, 2.45) is 0 Å². The second kappa shape index (κ2) is 14.4. The van der Waals surface area contributed by atoms with Crippen molar-refractivity contribution in [3.05, 3.63) is 143 Å². The molecule has 0 aliphatic rings. The lowest BCUT2D eigenvalue weighted by atomic mass is 9.98. The SMILES string of the molecule is CCCCCc1ccc(-c2cc(F)c(C(F)(F)Oc3ccc(-c4ccc(-c5cc(F)c(/C(F)=C/F)c(F)c5)c(F)c4)cc3)c(F)c2)cc1. The van der Waals surface area contributed by atoms with Gasteiger partial charge in [-0.05, 0) is 88.7 Å². The van der Waals surface area contributed by atoms with Crippen LogP contribution in [0.4, 0.5) is 39.5 Å². The summed E-state index contributed by atoms with van der Waals surface area (Å²) in [5.41, 5.74) is -1.16. The average Bonchev–Trinajstić information content (AvgIpc) is 3.04. The highest BCUT2D eigenvalue weighted by molar-refractivity contribution is 5.73. The van der Waals surface area contributed by atoms with Crippen LogP contribution >= 0.6 is 0 Å². The molecule has 0 aliphatic heterocycles.